The van der Waals surface area contributed by atoms with Crippen molar-refractivity contribution in [1.29, 1.82) is 0 Å². The summed E-state index contributed by atoms with van der Waals surface area (Å²) in [6, 6.07) is 11.8. The molecule has 29 heavy (non-hydrogen) atoms. The van der Waals surface area contributed by atoms with Crippen molar-refractivity contribution in [3.8, 4) is 11.5 Å². The third-order valence-corrected chi connectivity index (χ3v) is 4.88. The molecule has 2 amide bonds. The van der Waals surface area contributed by atoms with Crippen LogP contribution < -0.4 is 19.7 Å². The molecule has 0 spiro atoms. The first-order valence-electron chi connectivity index (χ1n) is 9.24. The van der Waals surface area contributed by atoms with Crippen molar-refractivity contribution in [2.24, 2.45) is 5.92 Å². The van der Waals surface area contributed by atoms with E-state index in [0.717, 1.165) is 0 Å². The molecule has 1 fully saturated rings. The fourth-order valence-electron chi connectivity index (χ4n) is 3.42. The monoisotopic (exact) mass is 396 g/mol. The van der Waals surface area contributed by atoms with Crippen molar-refractivity contribution < 1.29 is 28.6 Å². The van der Waals surface area contributed by atoms with Gasteiger partial charge in [0.25, 0.3) is 0 Å². The number of rotatable bonds is 4. The summed E-state index contributed by atoms with van der Waals surface area (Å²) in [7, 11) is 1.30. The van der Waals surface area contributed by atoms with Gasteiger partial charge in [0, 0.05) is 30.4 Å². The van der Waals surface area contributed by atoms with E-state index in [0.29, 0.717) is 41.7 Å². The van der Waals surface area contributed by atoms with E-state index in [9.17, 15) is 14.4 Å². The summed E-state index contributed by atoms with van der Waals surface area (Å²) in [5.74, 6) is -0.162. The number of anilines is 2. The van der Waals surface area contributed by atoms with Crippen molar-refractivity contribution in [2.45, 2.75) is 6.42 Å². The van der Waals surface area contributed by atoms with E-state index in [1.165, 1.54) is 7.11 Å². The molecule has 1 N–H and O–H groups in total. The molecule has 0 aromatic heterocycles. The molecule has 8 nitrogen and oxygen atoms in total. The van der Waals surface area contributed by atoms with Gasteiger partial charge in [0.2, 0.25) is 11.8 Å². The van der Waals surface area contributed by atoms with Crippen LogP contribution in [-0.2, 0) is 14.3 Å². The highest BCUT2D eigenvalue weighted by Gasteiger charge is 2.35. The summed E-state index contributed by atoms with van der Waals surface area (Å²) in [6.45, 7) is 1.22. The highest BCUT2D eigenvalue weighted by Crippen LogP contribution is 2.36. The minimum atomic E-state index is -0.502. The zero-order chi connectivity index (χ0) is 20.4. The number of nitrogens with one attached hydrogen (secondary N) is 1. The average molecular weight is 396 g/mol. The lowest BCUT2D eigenvalue weighted by molar-refractivity contribution is -0.122. The van der Waals surface area contributed by atoms with Crippen molar-refractivity contribution in [3.63, 3.8) is 0 Å². The van der Waals surface area contributed by atoms with Crippen LogP contribution in [0.3, 0.4) is 0 Å². The Morgan fingerprint density at radius 3 is 2.69 bits per heavy atom. The van der Waals surface area contributed by atoms with Crippen LogP contribution in [0.25, 0.3) is 0 Å². The summed E-state index contributed by atoms with van der Waals surface area (Å²) >= 11 is 0. The number of fused-ring (bicyclic) bond motifs is 1. The molecule has 0 radical (unpaired) electrons. The number of benzene rings is 2. The molecular formula is C21H20N2O6. The topological polar surface area (TPSA) is 94.2 Å². The van der Waals surface area contributed by atoms with Gasteiger partial charge in [-0.25, -0.2) is 4.79 Å². The fraction of sp³-hybridized carbons (Fsp3) is 0.286. The first kappa shape index (κ1) is 18.8. The number of nitrogens with zero attached hydrogens (tertiary/aromatic N) is 1. The van der Waals surface area contributed by atoms with Gasteiger partial charge in [0.05, 0.1) is 18.6 Å². The standard InChI is InChI=1S/C21H20N2O6/c1-27-21(26)13-3-2-4-15(9-13)22-20(25)14-10-19(24)23(12-14)16-5-6-17-18(11-16)29-8-7-28-17/h2-6,9,11,14H,7-8,10,12H2,1H3,(H,22,25)/t14-/m1/s1. The van der Waals surface area contributed by atoms with Gasteiger partial charge in [-0.15, -0.1) is 0 Å². The number of hydrogen-bond acceptors (Lipinski definition) is 6. The van der Waals surface area contributed by atoms with Crippen LogP contribution in [0.4, 0.5) is 11.4 Å². The maximum Gasteiger partial charge on any atom is 0.337 e. The Balaban J connectivity index is 1.45. The molecule has 2 aromatic carbocycles. The van der Waals surface area contributed by atoms with E-state index in [4.69, 9.17) is 14.2 Å². The fourth-order valence-corrected chi connectivity index (χ4v) is 3.42. The smallest absolute Gasteiger partial charge is 0.337 e. The van der Waals surface area contributed by atoms with Gasteiger partial charge in [-0.1, -0.05) is 6.07 Å². The largest absolute Gasteiger partial charge is 0.486 e. The SMILES string of the molecule is COC(=O)c1cccc(NC(=O)[C@@H]2CC(=O)N(c3ccc4c(c3)OCCO4)C2)c1. The zero-order valence-corrected chi connectivity index (χ0v) is 15.8. The van der Waals surface area contributed by atoms with Gasteiger partial charge in [0.15, 0.2) is 11.5 Å². The predicted molar refractivity (Wildman–Crippen MR) is 104 cm³/mol. The second kappa shape index (κ2) is 7.83. The number of carbonyl (C=O) groups excluding carboxylic acids is 3. The molecule has 0 saturated carbocycles. The quantitative estimate of drug-likeness (QED) is 0.797. The van der Waals surface area contributed by atoms with Crippen molar-refractivity contribution in [1.82, 2.24) is 0 Å². The maximum absolute atomic E-state index is 12.7. The second-order valence-electron chi connectivity index (χ2n) is 6.79. The zero-order valence-electron chi connectivity index (χ0n) is 15.8. The number of esters is 1. The summed E-state index contributed by atoms with van der Waals surface area (Å²) in [5, 5.41) is 2.78. The Morgan fingerprint density at radius 1 is 1.10 bits per heavy atom. The van der Waals surface area contributed by atoms with E-state index in [2.05, 4.69) is 5.32 Å². The molecule has 2 aromatic rings. The van der Waals surface area contributed by atoms with Gasteiger partial charge in [-0.05, 0) is 30.3 Å². The summed E-state index contributed by atoms with van der Waals surface area (Å²) in [4.78, 5) is 38.4. The molecule has 1 saturated heterocycles. The van der Waals surface area contributed by atoms with E-state index >= 15 is 0 Å². The molecule has 2 heterocycles. The van der Waals surface area contributed by atoms with Crippen LogP contribution in [0, 0.1) is 5.92 Å². The number of carbonyl (C=O) groups is 3. The molecule has 1 atom stereocenters. The number of ether oxygens (including phenoxy) is 3. The normalized spacial score (nSPS) is 17.8. The molecule has 150 valence electrons. The Morgan fingerprint density at radius 2 is 1.90 bits per heavy atom. The highest BCUT2D eigenvalue weighted by molar-refractivity contribution is 6.04. The van der Waals surface area contributed by atoms with E-state index in [-0.39, 0.29) is 24.8 Å². The van der Waals surface area contributed by atoms with Gasteiger partial charge >= 0.3 is 5.97 Å². The first-order valence-corrected chi connectivity index (χ1v) is 9.24. The molecular weight excluding hydrogens is 376 g/mol. The Labute approximate surface area is 167 Å². The Hall–Kier alpha value is -3.55. The minimum Gasteiger partial charge on any atom is -0.486 e. The average Bonchev–Trinajstić information content (AvgIpc) is 3.15. The Bertz CT molecular complexity index is 973. The summed E-state index contributed by atoms with van der Waals surface area (Å²) < 4.78 is 15.8. The van der Waals surface area contributed by atoms with E-state index in [1.54, 1.807) is 47.4 Å². The van der Waals surface area contributed by atoms with E-state index < -0.39 is 11.9 Å². The lowest BCUT2D eigenvalue weighted by Crippen LogP contribution is -2.28. The molecule has 0 aliphatic carbocycles. The van der Waals surface area contributed by atoms with Gasteiger partial charge in [-0.2, -0.15) is 0 Å². The van der Waals surface area contributed by atoms with Crippen LogP contribution in [0.15, 0.2) is 42.5 Å². The minimum absolute atomic E-state index is 0.108. The third kappa shape index (κ3) is 3.87. The lowest BCUT2D eigenvalue weighted by atomic mass is 10.1. The van der Waals surface area contributed by atoms with Crippen molar-refractivity contribution in [3.05, 3.63) is 48.0 Å². The van der Waals surface area contributed by atoms with Crippen LogP contribution in [0.1, 0.15) is 16.8 Å². The van der Waals surface area contributed by atoms with Crippen molar-refractivity contribution >= 4 is 29.2 Å². The van der Waals surface area contributed by atoms with Gasteiger partial charge in [0.1, 0.15) is 13.2 Å². The van der Waals surface area contributed by atoms with Crippen LogP contribution >= 0.6 is 0 Å². The lowest BCUT2D eigenvalue weighted by Gasteiger charge is -2.22. The van der Waals surface area contributed by atoms with Crippen LogP contribution in [0.5, 0.6) is 11.5 Å². The Kier molecular flexibility index (Phi) is 5.07. The molecule has 2 aliphatic rings. The molecule has 0 unspecified atom stereocenters. The van der Waals surface area contributed by atoms with Crippen LogP contribution in [-0.4, -0.2) is 44.7 Å². The summed E-state index contributed by atoms with van der Waals surface area (Å²) in [5.41, 5.74) is 1.48. The number of amides is 2. The van der Waals surface area contributed by atoms with Crippen molar-refractivity contribution in [2.75, 3.05) is 37.1 Å². The van der Waals surface area contributed by atoms with Gasteiger partial charge < -0.3 is 24.4 Å². The maximum atomic E-state index is 12.7. The first-order chi connectivity index (χ1) is 14.0. The number of hydrogen-bond donors (Lipinski definition) is 1. The molecule has 0 bridgehead atoms. The molecule has 2 aliphatic heterocycles. The highest BCUT2D eigenvalue weighted by atomic mass is 16.6. The van der Waals surface area contributed by atoms with Gasteiger partial charge in [-0.3, -0.25) is 9.59 Å². The third-order valence-electron chi connectivity index (χ3n) is 4.88. The second-order valence-corrected chi connectivity index (χ2v) is 6.79. The van der Waals surface area contributed by atoms with E-state index in [1.807, 2.05) is 0 Å². The summed E-state index contributed by atoms with van der Waals surface area (Å²) in [6.07, 6.45) is 0.108. The molecule has 8 heteroatoms. The number of methoxy groups -OCH3 is 1. The predicted octanol–water partition coefficient (Wildman–Crippen LogP) is 2.24. The molecule has 4 rings (SSSR count). The van der Waals surface area contributed by atoms with Crippen LogP contribution in [0.2, 0.25) is 0 Å².